The molecule has 0 radical (unpaired) electrons. The second kappa shape index (κ2) is 4.82. The molecular formula is C17H25NO. The van der Waals surface area contributed by atoms with Gasteiger partial charge in [0, 0.05) is 11.1 Å². The Hall–Kier alpha value is -1.02. The molecule has 0 atom stereocenters. The highest BCUT2D eigenvalue weighted by Gasteiger charge is 2.35. The number of aryl methyl sites for hydroxylation is 1. The predicted molar refractivity (Wildman–Crippen MR) is 78.4 cm³/mol. The summed E-state index contributed by atoms with van der Waals surface area (Å²) in [7, 11) is 0. The van der Waals surface area contributed by atoms with E-state index in [9.17, 15) is 5.11 Å². The van der Waals surface area contributed by atoms with Gasteiger partial charge in [-0.2, -0.15) is 0 Å². The van der Waals surface area contributed by atoms with Crippen LogP contribution < -0.4 is 5.73 Å². The molecule has 19 heavy (non-hydrogen) atoms. The average molecular weight is 259 g/mol. The number of phenols is 1. The molecule has 104 valence electrons. The third-order valence-corrected chi connectivity index (χ3v) is 5.10. The van der Waals surface area contributed by atoms with Gasteiger partial charge in [-0.1, -0.05) is 19.3 Å². The standard InChI is InChI=1S/C17H25NO/c1-12-11-15(19)16(14-8-4-3-7-13(12)14)17(18)9-5-2-6-10-17/h11,19H,2-10,18H2,1H3. The van der Waals surface area contributed by atoms with Crippen LogP contribution in [0.4, 0.5) is 0 Å². The quantitative estimate of drug-likeness (QED) is 0.808. The van der Waals surface area contributed by atoms with E-state index in [4.69, 9.17) is 5.73 Å². The molecule has 1 fully saturated rings. The number of hydrogen-bond acceptors (Lipinski definition) is 2. The number of fused-ring (bicyclic) bond motifs is 1. The summed E-state index contributed by atoms with van der Waals surface area (Å²) in [5.41, 5.74) is 11.6. The number of hydrogen-bond donors (Lipinski definition) is 2. The van der Waals surface area contributed by atoms with Gasteiger partial charge >= 0.3 is 0 Å². The molecule has 1 aromatic rings. The maximum absolute atomic E-state index is 10.5. The minimum atomic E-state index is -0.280. The Morgan fingerprint density at radius 3 is 2.32 bits per heavy atom. The zero-order chi connectivity index (χ0) is 13.5. The summed E-state index contributed by atoms with van der Waals surface area (Å²) in [5.74, 6) is 0.447. The van der Waals surface area contributed by atoms with Crippen molar-refractivity contribution < 1.29 is 5.11 Å². The van der Waals surface area contributed by atoms with E-state index >= 15 is 0 Å². The Morgan fingerprint density at radius 1 is 1.00 bits per heavy atom. The summed E-state index contributed by atoms with van der Waals surface area (Å²) in [6.07, 6.45) is 10.5. The molecular weight excluding hydrogens is 234 g/mol. The smallest absolute Gasteiger partial charge is 0.121 e. The largest absolute Gasteiger partial charge is 0.508 e. The highest BCUT2D eigenvalue weighted by molar-refractivity contribution is 5.53. The minimum absolute atomic E-state index is 0.280. The third kappa shape index (κ3) is 2.16. The van der Waals surface area contributed by atoms with E-state index in [-0.39, 0.29) is 5.54 Å². The lowest BCUT2D eigenvalue weighted by Gasteiger charge is -2.38. The maximum atomic E-state index is 10.5. The second-order valence-corrected chi connectivity index (χ2v) is 6.47. The third-order valence-electron chi connectivity index (χ3n) is 5.10. The highest BCUT2D eigenvalue weighted by atomic mass is 16.3. The zero-order valence-corrected chi connectivity index (χ0v) is 12.0. The molecule has 0 amide bonds. The molecule has 2 aliphatic rings. The van der Waals surface area contributed by atoms with E-state index in [0.29, 0.717) is 5.75 Å². The van der Waals surface area contributed by atoms with Gasteiger partial charge in [-0.05, 0) is 68.2 Å². The van der Waals surface area contributed by atoms with Crippen LogP contribution >= 0.6 is 0 Å². The van der Waals surface area contributed by atoms with Crippen molar-refractivity contribution in [3.63, 3.8) is 0 Å². The average Bonchev–Trinajstić information content (AvgIpc) is 2.39. The Morgan fingerprint density at radius 2 is 1.63 bits per heavy atom. The first-order chi connectivity index (χ1) is 9.12. The van der Waals surface area contributed by atoms with Crippen LogP contribution in [0.25, 0.3) is 0 Å². The lowest BCUT2D eigenvalue weighted by atomic mass is 9.72. The van der Waals surface area contributed by atoms with E-state index in [0.717, 1.165) is 31.2 Å². The molecule has 1 saturated carbocycles. The molecule has 3 rings (SSSR count). The van der Waals surface area contributed by atoms with Crippen molar-refractivity contribution in [2.24, 2.45) is 5.73 Å². The molecule has 2 nitrogen and oxygen atoms in total. The molecule has 0 unspecified atom stereocenters. The number of aromatic hydroxyl groups is 1. The molecule has 2 aliphatic carbocycles. The second-order valence-electron chi connectivity index (χ2n) is 6.47. The van der Waals surface area contributed by atoms with Crippen molar-refractivity contribution in [3.05, 3.63) is 28.3 Å². The maximum Gasteiger partial charge on any atom is 0.121 e. The van der Waals surface area contributed by atoms with Crippen LogP contribution in [0.3, 0.4) is 0 Å². The van der Waals surface area contributed by atoms with Crippen molar-refractivity contribution in [1.29, 1.82) is 0 Å². The fourth-order valence-electron chi connectivity index (χ4n) is 4.12. The van der Waals surface area contributed by atoms with E-state index in [1.807, 2.05) is 6.07 Å². The van der Waals surface area contributed by atoms with Gasteiger partial charge in [0.15, 0.2) is 0 Å². The van der Waals surface area contributed by atoms with Crippen LogP contribution in [0.5, 0.6) is 5.75 Å². The van der Waals surface area contributed by atoms with Crippen molar-refractivity contribution >= 4 is 0 Å². The van der Waals surface area contributed by atoms with Gasteiger partial charge in [0.1, 0.15) is 5.75 Å². The Labute approximate surface area is 116 Å². The van der Waals surface area contributed by atoms with Crippen molar-refractivity contribution in [2.75, 3.05) is 0 Å². The van der Waals surface area contributed by atoms with Gasteiger partial charge in [0.05, 0.1) is 0 Å². The summed E-state index contributed by atoms with van der Waals surface area (Å²) in [6, 6.07) is 1.95. The Balaban J connectivity index is 2.14. The predicted octanol–water partition coefficient (Wildman–Crippen LogP) is 3.70. The lowest BCUT2D eigenvalue weighted by Crippen LogP contribution is -2.40. The molecule has 3 N–H and O–H groups in total. The lowest BCUT2D eigenvalue weighted by molar-refractivity contribution is 0.289. The molecule has 1 aromatic carbocycles. The summed E-state index contributed by atoms with van der Waals surface area (Å²) < 4.78 is 0. The summed E-state index contributed by atoms with van der Waals surface area (Å²) in [4.78, 5) is 0. The summed E-state index contributed by atoms with van der Waals surface area (Å²) >= 11 is 0. The first-order valence-electron chi connectivity index (χ1n) is 7.75. The van der Waals surface area contributed by atoms with Crippen molar-refractivity contribution in [1.82, 2.24) is 0 Å². The van der Waals surface area contributed by atoms with E-state index in [1.165, 1.54) is 48.8 Å². The van der Waals surface area contributed by atoms with Gasteiger partial charge in [-0.15, -0.1) is 0 Å². The number of rotatable bonds is 1. The fraction of sp³-hybridized carbons (Fsp3) is 0.647. The molecule has 0 aromatic heterocycles. The molecule has 0 spiro atoms. The van der Waals surface area contributed by atoms with Gasteiger partial charge < -0.3 is 10.8 Å². The van der Waals surface area contributed by atoms with Gasteiger partial charge in [-0.3, -0.25) is 0 Å². The van der Waals surface area contributed by atoms with Crippen molar-refractivity contribution in [3.8, 4) is 5.75 Å². The van der Waals surface area contributed by atoms with Crippen molar-refractivity contribution in [2.45, 2.75) is 70.3 Å². The van der Waals surface area contributed by atoms with Gasteiger partial charge in [0.2, 0.25) is 0 Å². The molecule has 0 heterocycles. The first kappa shape index (κ1) is 13.0. The topological polar surface area (TPSA) is 46.2 Å². The van der Waals surface area contributed by atoms with E-state index < -0.39 is 0 Å². The number of phenolic OH excluding ortho intramolecular Hbond substituents is 1. The van der Waals surface area contributed by atoms with Crippen LogP contribution in [-0.4, -0.2) is 5.11 Å². The van der Waals surface area contributed by atoms with Gasteiger partial charge in [0.25, 0.3) is 0 Å². The highest BCUT2D eigenvalue weighted by Crippen LogP contribution is 2.44. The minimum Gasteiger partial charge on any atom is -0.508 e. The molecule has 0 aliphatic heterocycles. The van der Waals surface area contributed by atoms with Crippen LogP contribution in [-0.2, 0) is 18.4 Å². The van der Waals surface area contributed by atoms with E-state index in [2.05, 4.69) is 6.92 Å². The molecule has 0 saturated heterocycles. The summed E-state index contributed by atoms with van der Waals surface area (Å²) in [6.45, 7) is 2.12. The van der Waals surface area contributed by atoms with Crippen LogP contribution in [0.15, 0.2) is 6.07 Å². The van der Waals surface area contributed by atoms with Crippen LogP contribution in [0.2, 0.25) is 0 Å². The normalized spacial score (nSPS) is 22.0. The number of benzene rings is 1. The van der Waals surface area contributed by atoms with Crippen LogP contribution in [0, 0.1) is 6.92 Å². The Bertz CT molecular complexity index is 487. The van der Waals surface area contributed by atoms with E-state index in [1.54, 1.807) is 0 Å². The zero-order valence-electron chi connectivity index (χ0n) is 12.0. The monoisotopic (exact) mass is 259 g/mol. The number of nitrogens with two attached hydrogens (primary N) is 1. The van der Waals surface area contributed by atoms with Crippen LogP contribution in [0.1, 0.15) is 67.2 Å². The SMILES string of the molecule is Cc1cc(O)c(C2(N)CCCCC2)c2c1CCCC2. The first-order valence-corrected chi connectivity index (χ1v) is 7.75. The van der Waals surface area contributed by atoms with Gasteiger partial charge in [-0.25, -0.2) is 0 Å². The fourth-order valence-corrected chi connectivity index (χ4v) is 4.12. The Kier molecular flexibility index (Phi) is 3.30. The molecule has 2 heteroatoms. The molecule has 0 bridgehead atoms. The summed E-state index contributed by atoms with van der Waals surface area (Å²) in [5, 5.41) is 10.5.